The molecule has 176 valence electrons. The number of pyridine rings is 1. The summed E-state index contributed by atoms with van der Waals surface area (Å²) >= 11 is 0. The number of carbonyl (C=O) groups is 1. The van der Waals surface area contributed by atoms with Crippen molar-refractivity contribution in [1.29, 1.82) is 0 Å². The minimum absolute atomic E-state index is 0.106. The first-order chi connectivity index (χ1) is 16.5. The van der Waals surface area contributed by atoms with Crippen molar-refractivity contribution in [1.82, 2.24) is 19.7 Å². The summed E-state index contributed by atoms with van der Waals surface area (Å²) in [4.78, 5) is 23.7. The minimum Gasteiger partial charge on any atom is -0.489 e. The summed E-state index contributed by atoms with van der Waals surface area (Å²) in [6, 6.07) is 12.0. The van der Waals surface area contributed by atoms with E-state index in [-0.39, 0.29) is 6.10 Å². The first-order valence-corrected chi connectivity index (χ1v) is 11.3. The molecule has 4 aromatic rings. The molecule has 3 aromatic heterocycles. The second kappa shape index (κ2) is 9.05. The molecule has 10 heteroatoms. The largest absolute Gasteiger partial charge is 0.489 e. The van der Waals surface area contributed by atoms with E-state index in [9.17, 15) is 9.90 Å². The number of piperidine rings is 1. The van der Waals surface area contributed by atoms with E-state index >= 15 is 0 Å². The third-order valence-electron chi connectivity index (χ3n) is 6.03. The van der Waals surface area contributed by atoms with Gasteiger partial charge in [0.15, 0.2) is 5.82 Å². The zero-order valence-corrected chi connectivity index (χ0v) is 19.1. The second-order valence-corrected chi connectivity index (χ2v) is 8.24. The first-order valence-electron chi connectivity index (χ1n) is 11.3. The highest BCUT2D eigenvalue weighted by Crippen LogP contribution is 2.27. The standard InChI is InChI=1S/C24H26N6O4/c1-3-29(24(31)32)18-4-6-21-17(14-18)8-13-30(21)22-7-5-20(15-25-22)33-19-9-11-28(12-10-19)23-26-16(2)27-34-23/h4-8,13-15,19H,3,9-12H2,1-2H3,(H,31,32). The number of benzene rings is 1. The van der Waals surface area contributed by atoms with Gasteiger partial charge in [0.2, 0.25) is 0 Å². The SMILES string of the molecule is CCN(C(=O)O)c1ccc2c(ccn2-c2ccc(OC3CCN(c4nc(C)no4)CC3)cn2)c1. The molecule has 4 heterocycles. The predicted octanol–water partition coefficient (Wildman–Crippen LogP) is 4.27. The van der Waals surface area contributed by atoms with Crippen molar-refractivity contribution in [3.63, 3.8) is 0 Å². The van der Waals surface area contributed by atoms with Crippen molar-refractivity contribution in [3.05, 3.63) is 54.6 Å². The number of hydrogen-bond donors (Lipinski definition) is 1. The molecule has 0 aliphatic carbocycles. The molecule has 0 unspecified atom stereocenters. The first kappa shape index (κ1) is 21.7. The lowest BCUT2D eigenvalue weighted by Crippen LogP contribution is -2.38. The van der Waals surface area contributed by atoms with Gasteiger partial charge >= 0.3 is 12.1 Å². The van der Waals surface area contributed by atoms with Gasteiger partial charge < -0.3 is 23.8 Å². The molecular formula is C24H26N6O4. The molecule has 0 bridgehead atoms. The van der Waals surface area contributed by atoms with E-state index in [1.165, 1.54) is 4.90 Å². The summed E-state index contributed by atoms with van der Waals surface area (Å²) in [5.74, 6) is 2.13. The molecule has 1 N–H and O–H groups in total. The van der Waals surface area contributed by atoms with Gasteiger partial charge in [-0.25, -0.2) is 9.78 Å². The molecule has 1 fully saturated rings. The van der Waals surface area contributed by atoms with Crippen LogP contribution in [0.4, 0.5) is 16.5 Å². The summed E-state index contributed by atoms with van der Waals surface area (Å²) in [6.45, 7) is 5.61. The van der Waals surface area contributed by atoms with Crippen molar-refractivity contribution < 1.29 is 19.2 Å². The van der Waals surface area contributed by atoms with Crippen LogP contribution < -0.4 is 14.5 Å². The van der Waals surface area contributed by atoms with E-state index in [0.29, 0.717) is 24.1 Å². The van der Waals surface area contributed by atoms with Gasteiger partial charge in [-0.3, -0.25) is 4.90 Å². The maximum Gasteiger partial charge on any atom is 0.411 e. The maximum atomic E-state index is 11.4. The Kier molecular flexibility index (Phi) is 5.79. The van der Waals surface area contributed by atoms with Gasteiger partial charge in [0.25, 0.3) is 0 Å². The Balaban J connectivity index is 1.25. The van der Waals surface area contributed by atoms with Crippen LogP contribution in [0, 0.1) is 6.92 Å². The number of carboxylic acid groups (broad SMARTS) is 1. The van der Waals surface area contributed by atoms with Crippen LogP contribution in [0.5, 0.6) is 5.75 Å². The average molecular weight is 463 g/mol. The highest BCUT2D eigenvalue weighted by atomic mass is 16.5. The number of ether oxygens (including phenoxy) is 1. The van der Waals surface area contributed by atoms with Crippen LogP contribution >= 0.6 is 0 Å². The van der Waals surface area contributed by atoms with Gasteiger partial charge in [-0.1, -0.05) is 5.16 Å². The third-order valence-corrected chi connectivity index (χ3v) is 6.03. The van der Waals surface area contributed by atoms with Gasteiger partial charge in [0.05, 0.1) is 11.7 Å². The monoisotopic (exact) mass is 462 g/mol. The van der Waals surface area contributed by atoms with E-state index in [1.54, 1.807) is 6.20 Å². The predicted molar refractivity (Wildman–Crippen MR) is 127 cm³/mol. The van der Waals surface area contributed by atoms with E-state index < -0.39 is 6.09 Å². The molecule has 0 radical (unpaired) electrons. The van der Waals surface area contributed by atoms with Gasteiger partial charge in [-0.2, -0.15) is 4.98 Å². The Bertz CT molecular complexity index is 1290. The second-order valence-electron chi connectivity index (χ2n) is 8.24. The Hall–Kier alpha value is -4.08. The van der Waals surface area contributed by atoms with Gasteiger partial charge in [0, 0.05) is 49.7 Å². The van der Waals surface area contributed by atoms with Crippen molar-refractivity contribution in [2.45, 2.75) is 32.8 Å². The Labute approximate surface area is 196 Å². The van der Waals surface area contributed by atoms with Crippen molar-refractivity contribution in [2.24, 2.45) is 0 Å². The van der Waals surface area contributed by atoms with E-state index in [1.807, 2.05) is 61.0 Å². The molecule has 1 aromatic carbocycles. The Morgan fingerprint density at radius 1 is 1.24 bits per heavy atom. The zero-order valence-electron chi connectivity index (χ0n) is 19.1. The fourth-order valence-corrected chi connectivity index (χ4v) is 4.28. The number of amides is 1. The fraction of sp³-hybridized carbons (Fsp3) is 0.333. The average Bonchev–Trinajstić information content (AvgIpc) is 3.46. The summed E-state index contributed by atoms with van der Waals surface area (Å²) in [5, 5.41) is 14.2. The zero-order chi connectivity index (χ0) is 23.7. The molecule has 34 heavy (non-hydrogen) atoms. The molecule has 1 aliphatic rings. The lowest BCUT2D eigenvalue weighted by atomic mass is 10.1. The lowest BCUT2D eigenvalue weighted by molar-refractivity contribution is 0.168. The summed E-state index contributed by atoms with van der Waals surface area (Å²) in [6.07, 6.45) is 4.54. The molecule has 5 rings (SSSR count). The number of nitrogens with zero attached hydrogens (tertiary/aromatic N) is 6. The molecule has 1 aliphatic heterocycles. The highest BCUT2D eigenvalue weighted by Gasteiger charge is 2.24. The van der Waals surface area contributed by atoms with E-state index in [4.69, 9.17) is 9.26 Å². The number of hydrogen-bond acceptors (Lipinski definition) is 7. The number of aromatic nitrogens is 4. The summed E-state index contributed by atoms with van der Waals surface area (Å²) < 4.78 is 13.4. The fourth-order valence-electron chi connectivity index (χ4n) is 4.28. The van der Waals surface area contributed by atoms with Gasteiger partial charge in [0.1, 0.15) is 17.7 Å². The van der Waals surface area contributed by atoms with Crippen LogP contribution in [0.25, 0.3) is 16.7 Å². The summed E-state index contributed by atoms with van der Waals surface area (Å²) in [7, 11) is 0. The van der Waals surface area contributed by atoms with Crippen LogP contribution in [0.2, 0.25) is 0 Å². The van der Waals surface area contributed by atoms with Gasteiger partial charge in [-0.15, -0.1) is 0 Å². The molecule has 0 spiro atoms. The van der Waals surface area contributed by atoms with Crippen LogP contribution in [0.3, 0.4) is 0 Å². The Morgan fingerprint density at radius 2 is 2.06 bits per heavy atom. The topological polar surface area (TPSA) is 110 Å². The Morgan fingerprint density at radius 3 is 2.71 bits per heavy atom. The quantitative estimate of drug-likeness (QED) is 0.452. The summed E-state index contributed by atoms with van der Waals surface area (Å²) in [5.41, 5.74) is 1.60. The lowest BCUT2D eigenvalue weighted by Gasteiger charge is -2.30. The molecule has 0 atom stereocenters. The molecule has 10 nitrogen and oxygen atoms in total. The van der Waals surface area contributed by atoms with Crippen molar-refractivity contribution >= 4 is 28.7 Å². The molecule has 1 amide bonds. The number of fused-ring (bicyclic) bond motifs is 1. The van der Waals surface area contributed by atoms with Crippen LogP contribution in [0.15, 0.2) is 53.3 Å². The van der Waals surface area contributed by atoms with Crippen molar-refractivity contribution in [3.8, 4) is 11.6 Å². The van der Waals surface area contributed by atoms with Crippen LogP contribution in [-0.2, 0) is 0 Å². The number of aryl methyl sites for hydroxylation is 1. The molecule has 0 saturated carbocycles. The number of rotatable bonds is 6. The number of anilines is 2. The highest BCUT2D eigenvalue weighted by molar-refractivity contribution is 5.91. The molecular weight excluding hydrogens is 436 g/mol. The van der Waals surface area contributed by atoms with Crippen LogP contribution in [-0.4, -0.2) is 56.6 Å². The third kappa shape index (κ3) is 4.26. The maximum absolute atomic E-state index is 11.4. The molecule has 1 saturated heterocycles. The minimum atomic E-state index is -0.964. The van der Waals surface area contributed by atoms with Crippen molar-refractivity contribution in [2.75, 3.05) is 29.4 Å². The normalized spacial score (nSPS) is 14.5. The van der Waals surface area contributed by atoms with E-state index in [2.05, 4.69) is 20.0 Å². The van der Waals surface area contributed by atoms with E-state index in [0.717, 1.165) is 48.4 Å². The van der Waals surface area contributed by atoms with Gasteiger partial charge in [-0.05, 0) is 50.2 Å². The van der Waals surface area contributed by atoms with Crippen LogP contribution in [0.1, 0.15) is 25.6 Å². The smallest absolute Gasteiger partial charge is 0.411 e.